The Balaban J connectivity index is 1.38. The van der Waals surface area contributed by atoms with Gasteiger partial charge in [0.2, 0.25) is 5.91 Å². The number of fused-ring (bicyclic) bond motifs is 1. The van der Waals surface area contributed by atoms with Crippen molar-refractivity contribution in [3.05, 3.63) is 58.7 Å². The van der Waals surface area contributed by atoms with Gasteiger partial charge in [0.1, 0.15) is 6.54 Å². The number of anilines is 2. The molecule has 9 nitrogen and oxygen atoms in total. The third kappa shape index (κ3) is 5.57. The minimum Gasteiger partial charge on any atom is -0.464 e. The maximum Gasteiger partial charge on any atom is 0.416 e. The van der Waals surface area contributed by atoms with E-state index < -0.39 is 11.7 Å². The molecule has 2 aromatic heterocycles. The number of rotatable bonds is 6. The number of piperazine rings is 1. The van der Waals surface area contributed by atoms with E-state index in [0.29, 0.717) is 50.5 Å². The highest BCUT2D eigenvalue weighted by Crippen LogP contribution is 2.40. The zero-order chi connectivity index (χ0) is 28.6. The number of hydrogen-bond acceptors (Lipinski definition) is 7. The van der Waals surface area contributed by atoms with Gasteiger partial charge in [-0.2, -0.15) is 18.3 Å². The van der Waals surface area contributed by atoms with Gasteiger partial charge in [-0.3, -0.25) is 9.48 Å². The molecule has 0 bridgehead atoms. The Morgan fingerprint density at radius 3 is 2.45 bits per heavy atom. The quantitative estimate of drug-likeness (QED) is 0.453. The van der Waals surface area contributed by atoms with Gasteiger partial charge in [0, 0.05) is 50.1 Å². The number of carbonyl (C=O) groups excluding carboxylic acids is 1. The molecule has 12 heteroatoms. The number of benzene rings is 1. The molecule has 4 heterocycles. The monoisotopic (exact) mass is 557 g/mol. The molecule has 0 saturated carbocycles. The summed E-state index contributed by atoms with van der Waals surface area (Å²) < 4.78 is 49.0. The van der Waals surface area contributed by atoms with E-state index in [1.807, 2.05) is 43.6 Å². The van der Waals surface area contributed by atoms with Gasteiger partial charge in [-0.15, -0.1) is 0 Å². The second-order valence-corrected chi connectivity index (χ2v) is 10.4. The zero-order valence-electron chi connectivity index (χ0n) is 23.2. The van der Waals surface area contributed by atoms with Crippen molar-refractivity contribution in [3.8, 4) is 6.01 Å². The van der Waals surface area contributed by atoms with Gasteiger partial charge >= 0.3 is 12.2 Å². The summed E-state index contributed by atoms with van der Waals surface area (Å²) in [5.41, 5.74) is 3.70. The second-order valence-electron chi connectivity index (χ2n) is 10.4. The molecule has 1 aromatic carbocycles. The summed E-state index contributed by atoms with van der Waals surface area (Å²) in [6, 6.07) is 4.87. The summed E-state index contributed by atoms with van der Waals surface area (Å²) in [7, 11) is 0. The summed E-state index contributed by atoms with van der Waals surface area (Å²) in [6.45, 7) is 10.5. The SMILES string of the molecule is CCOc1ncc(N2CCc3c(C(F)(F)F)ccc(N4CCN(C(=O)Cn5nc(C)cc5C)[C@@H](C)C4)c3C2)cn1. The van der Waals surface area contributed by atoms with E-state index in [1.54, 1.807) is 23.1 Å². The lowest BCUT2D eigenvalue weighted by Crippen LogP contribution is -2.55. The van der Waals surface area contributed by atoms with E-state index in [1.165, 1.54) is 6.07 Å². The first kappa shape index (κ1) is 27.7. The first-order chi connectivity index (χ1) is 19.0. The summed E-state index contributed by atoms with van der Waals surface area (Å²) in [4.78, 5) is 27.5. The number of nitrogens with zero attached hydrogens (tertiary/aromatic N) is 7. The molecule has 2 aliphatic heterocycles. The molecular formula is C28H34F3N7O2. The number of aromatic nitrogens is 4. The smallest absolute Gasteiger partial charge is 0.416 e. The Morgan fingerprint density at radius 1 is 1.07 bits per heavy atom. The van der Waals surface area contributed by atoms with Crippen molar-refractivity contribution in [3.63, 3.8) is 0 Å². The highest BCUT2D eigenvalue weighted by Gasteiger charge is 2.38. The van der Waals surface area contributed by atoms with Crippen LogP contribution in [0.5, 0.6) is 6.01 Å². The first-order valence-electron chi connectivity index (χ1n) is 13.5. The van der Waals surface area contributed by atoms with Crippen molar-refractivity contribution in [1.82, 2.24) is 24.6 Å². The number of amides is 1. The van der Waals surface area contributed by atoms with Crippen LogP contribution in [0.15, 0.2) is 30.6 Å². The van der Waals surface area contributed by atoms with Crippen molar-refractivity contribution < 1.29 is 22.7 Å². The predicted octanol–water partition coefficient (Wildman–Crippen LogP) is 4.01. The lowest BCUT2D eigenvalue weighted by molar-refractivity contribution is -0.138. The predicted molar refractivity (Wildman–Crippen MR) is 144 cm³/mol. The molecule has 0 aliphatic carbocycles. The summed E-state index contributed by atoms with van der Waals surface area (Å²) in [6.07, 6.45) is -0.895. The molecular weight excluding hydrogens is 523 g/mol. The van der Waals surface area contributed by atoms with Crippen LogP contribution in [0.2, 0.25) is 0 Å². The molecule has 40 heavy (non-hydrogen) atoms. The molecule has 1 fully saturated rings. The Labute approximate surface area is 231 Å². The van der Waals surface area contributed by atoms with Crippen molar-refractivity contribution in [2.75, 3.05) is 42.6 Å². The Bertz CT molecular complexity index is 1370. The molecule has 2 aliphatic rings. The van der Waals surface area contributed by atoms with Crippen LogP contribution in [-0.4, -0.2) is 69.4 Å². The van der Waals surface area contributed by atoms with Gasteiger partial charge < -0.3 is 19.4 Å². The number of carbonyl (C=O) groups is 1. The molecule has 3 aromatic rings. The lowest BCUT2D eigenvalue weighted by atomic mass is 9.91. The van der Waals surface area contributed by atoms with E-state index in [4.69, 9.17) is 4.74 Å². The number of alkyl halides is 3. The van der Waals surface area contributed by atoms with E-state index in [2.05, 4.69) is 20.0 Å². The molecule has 0 spiro atoms. The third-order valence-electron chi connectivity index (χ3n) is 7.62. The van der Waals surface area contributed by atoms with Crippen molar-refractivity contribution >= 4 is 17.3 Å². The normalized spacial score (nSPS) is 17.7. The molecule has 214 valence electrons. The van der Waals surface area contributed by atoms with Crippen LogP contribution < -0.4 is 14.5 Å². The number of halogens is 3. The average Bonchev–Trinajstić information content (AvgIpc) is 3.23. The fourth-order valence-electron chi connectivity index (χ4n) is 5.72. The Kier molecular flexibility index (Phi) is 7.61. The standard InChI is InChI=1S/C28H34F3N7O2/c1-5-40-27-32-13-21(14-33-27)35-9-8-22-23(16-35)25(7-6-24(22)28(29,30)31)36-10-11-37(20(4)15-36)26(39)17-38-19(3)12-18(2)34-38/h6-7,12-14,20H,5,8-11,15-17H2,1-4H3/t20-/m0/s1. The van der Waals surface area contributed by atoms with Gasteiger partial charge in [0.05, 0.1) is 35.9 Å². The molecule has 5 rings (SSSR count). The van der Waals surface area contributed by atoms with Crippen molar-refractivity contribution in [2.45, 2.75) is 59.4 Å². The number of ether oxygens (including phenoxy) is 1. The highest BCUT2D eigenvalue weighted by molar-refractivity contribution is 5.77. The summed E-state index contributed by atoms with van der Waals surface area (Å²) >= 11 is 0. The zero-order valence-corrected chi connectivity index (χ0v) is 23.2. The average molecular weight is 558 g/mol. The largest absolute Gasteiger partial charge is 0.464 e. The molecule has 1 atom stereocenters. The van der Waals surface area contributed by atoms with Crippen LogP contribution in [0.1, 0.15) is 41.9 Å². The van der Waals surface area contributed by atoms with Gasteiger partial charge in [-0.25, -0.2) is 9.97 Å². The topological polar surface area (TPSA) is 79.6 Å². The van der Waals surface area contributed by atoms with Crippen molar-refractivity contribution in [2.24, 2.45) is 0 Å². The van der Waals surface area contributed by atoms with Gasteiger partial charge in [-0.05, 0) is 63.4 Å². The number of aryl methyl sites for hydroxylation is 2. The fourth-order valence-corrected chi connectivity index (χ4v) is 5.72. The molecule has 0 unspecified atom stereocenters. The van der Waals surface area contributed by atoms with Crippen molar-refractivity contribution in [1.29, 1.82) is 0 Å². The van der Waals surface area contributed by atoms with E-state index >= 15 is 0 Å². The Morgan fingerprint density at radius 2 is 1.82 bits per heavy atom. The molecule has 0 N–H and O–H groups in total. The van der Waals surface area contributed by atoms with Crippen LogP contribution >= 0.6 is 0 Å². The van der Waals surface area contributed by atoms with Gasteiger partial charge in [0.15, 0.2) is 0 Å². The Hall–Kier alpha value is -3.83. The van der Waals surface area contributed by atoms with E-state index in [-0.39, 0.29) is 30.9 Å². The van der Waals surface area contributed by atoms with Crippen LogP contribution in [-0.2, 0) is 30.5 Å². The first-order valence-corrected chi connectivity index (χ1v) is 13.5. The fraction of sp³-hybridized carbons (Fsp3) is 0.500. The van der Waals surface area contributed by atoms with Gasteiger partial charge in [-0.1, -0.05) is 0 Å². The van der Waals surface area contributed by atoms with Crippen LogP contribution in [0.3, 0.4) is 0 Å². The summed E-state index contributed by atoms with van der Waals surface area (Å²) in [5, 5.41) is 4.40. The van der Waals surface area contributed by atoms with Crippen LogP contribution in [0, 0.1) is 13.8 Å². The lowest BCUT2D eigenvalue weighted by Gasteiger charge is -2.43. The minimum atomic E-state index is -4.44. The third-order valence-corrected chi connectivity index (χ3v) is 7.62. The van der Waals surface area contributed by atoms with Crippen LogP contribution in [0.4, 0.5) is 24.5 Å². The molecule has 0 radical (unpaired) electrons. The minimum absolute atomic E-state index is 0.0190. The highest BCUT2D eigenvalue weighted by atomic mass is 19.4. The van der Waals surface area contributed by atoms with Crippen LogP contribution in [0.25, 0.3) is 0 Å². The maximum absolute atomic E-state index is 14.0. The van der Waals surface area contributed by atoms with Gasteiger partial charge in [0.25, 0.3) is 0 Å². The molecule has 1 amide bonds. The van der Waals surface area contributed by atoms with E-state index in [9.17, 15) is 18.0 Å². The second kappa shape index (κ2) is 11.0. The maximum atomic E-state index is 14.0. The summed E-state index contributed by atoms with van der Waals surface area (Å²) in [5.74, 6) is -0.0190. The number of hydrogen-bond donors (Lipinski definition) is 0. The molecule has 1 saturated heterocycles. The van der Waals surface area contributed by atoms with E-state index in [0.717, 1.165) is 22.8 Å².